The molecule has 0 bridgehead atoms. The maximum absolute atomic E-state index is 4.47. The molecular formula is C18H19N3. The van der Waals surface area contributed by atoms with Gasteiger partial charge in [-0.1, -0.05) is 18.2 Å². The van der Waals surface area contributed by atoms with Gasteiger partial charge in [-0.3, -0.25) is 9.97 Å². The van der Waals surface area contributed by atoms with Gasteiger partial charge in [0.2, 0.25) is 0 Å². The zero-order valence-corrected chi connectivity index (χ0v) is 12.6. The molecule has 1 N–H and O–H groups in total. The van der Waals surface area contributed by atoms with Crippen LogP contribution in [0, 0.1) is 13.8 Å². The number of hydrogen-bond acceptors (Lipinski definition) is 3. The third kappa shape index (κ3) is 2.65. The van der Waals surface area contributed by atoms with Crippen LogP contribution in [0.4, 0.5) is 0 Å². The van der Waals surface area contributed by atoms with E-state index in [1.807, 2.05) is 33.3 Å². The summed E-state index contributed by atoms with van der Waals surface area (Å²) in [6, 6.07) is 12.9. The first-order valence-corrected chi connectivity index (χ1v) is 7.14. The minimum Gasteiger partial charge on any atom is -0.309 e. The van der Waals surface area contributed by atoms with Crippen LogP contribution in [0.5, 0.6) is 0 Å². The van der Waals surface area contributed by atoms with Gasteiger partial charge in [-0.15, -0.1) is 0 Å². The Labute approximate surface area is 125 Å². The first-order valence-electron chi connectivity index (χ1n) is 7.14. The highest BCUT2D eigenvalue weighted by Crippen LogP contribution is 2.28. The Bertz CT molecular complexity index is 755. The molecule has 0 aliphatic carbocycles. The molecule has 2 heterocycles. The SMILES string of the molecule is CNC(c1cc(C)nc(C)c1)c1cccc2ccncc12. The summed E-state index contributed by atoms with van der Waals surface area (Å²) < 4.78 is 0. The number of nitrogens with one attached hydrogen (secondary N) is 1. The normalized spacial score (nSPS) is 12.5. The lowest BCUT2D eigenvalue weighted by Crippen LogP contribution is -2.18. The van der Waals surface area contributed by atoms with Crippen molar-refractivity contribution in [2.75, 3.05) is 7.05 Å². The quantitative estimate of drug-likeness (QED) is 0.795. The molecule has 106 valence electrons. The topological polar surface area (TPSA) is 37.8 Å². The van der Waals surface area contributed by atoms with E-state index in [4.69, 9.17) is 0 Å². The highest BCUT2D eigenvalue weighted by atomic mass is 14.9. The number of aromatic nitrogens is 2. The zero-order chi connectivity index (χ0) is 14.8. The van der Waals surface area contributed by atoms with Gasteiger partial charge in [-0.05, 0) is 55.6 Å². The Hall–Kier alpha value is -2.26. The van der Waals surface area contributed by atoms with Crippen LogP contribution in [-0.2, 0) is 0 Å². The standard InChI is InChI=1S/C18H19N3/c1-12-9-15(10-13(2)21-12)18(19-3)16-6-4-5-14-7-8-20-11-17(14)16/h4-11,18-19H,1-3H3. The number of benzene rings is 1. The van der Waals surface area contributed by atoms with Crippen LogP contribution >= 0.6 is 0 Å². The lowest BCUT2D eigenvalue weighted by atomic mass is 9.94. The molecule has 0 aliphatic heterocycles. The largest absolute Gasteiger partial charge is 0.309 e. The van der Waals surface area contributed by atoms with E-state index < -0.39 is 0 Å². The Morgan fingerprint density at radius 2 is 1.81 bits per heavy atom. The Kier molecular flexibility index (Phi) is 3.67. The van der Waals surface area contributed by atoms with Crippen molar-refractivity contribution in [3.05, 3.63) is 71.3 Å². The summed E-state index contributed by atoms with van der Waals surface area (Å²) in [5, 5.41) is 5.83. The summed E-state index contributed by atoms with van der Waals surface area (Å²) in [6.07, 6.45) is 3.77. The van der Waals surface area contributed by atoms with E-state index in [0.29, 0.717) is 0 Å². The van der Waals surface area contributed by atoms with Crippen molar-refractivity contribution in [3.8, 4) is 0 Å². The molecule has 0 radical (unpaired) electrons. The molecule has 1 aromatic carbocycles. The summed E-state index contributed by atoms with van der Waals surface area (Å²) in [5.74, 6) is 0. The summed E-state index contributed by atoms with van der Waals surface area (Å²) >= 11 is 0. The van der Waals surface area contributed by atoms with Crippen LogP contribution < -0.4 is 5.32 Å². The second kappa shape index (κ2) is 5.62. The smallest absolute Gasteiger partial charge is 0.0582 e. The van der Waals surface area contributed by atoms with Gasteiger partial charge in [-0.2, -0.15) is 0 Å². The molecule has 0 aliphatic rings. The monoisotopic (exact) mass is 277 g/mol. The number of fused-ring (bicyclic) bond motifs is 1. The average Bonchev–Trinajstić information content (AvgIpc) is 2.47. The number of rotatable bonds is 3. The molecule has 3 rings (SSSR count). The van der Waals surface area contributed by atoms with Crippen molar-refractivity contribution >= 4 is 10.8 Å². The average molecular weight is 277 g/mol. The van der Waals surface area contributed by atoms with Crippen molar-refractivity contribution in [1.82, 2.24) is 15.3 Å². The van der Waals surface area contributed by atoms with Gasteiger partial charge in [0, 0.05) is 29.2 Å². The summed E-state index contributed by atoms with van der Waals surface area (Å²) in [4.78, 5) is 8.75. The molecule has 3 nitrogen and oxygen atoms in total. The maximum atomic E-state index is 4.47. The maximum Gasteiger partial charge on any atom is 0.0582 e. The molecule has 2 aromatic heterocycles. The molecule has 21 heavy (non-hydrogen) atoms. The lowest BCUT2D eigenvalue weighted by molar-refractivity contribution is 0.693. The predicted octanol–water partition coefficient (Wildman–Crippen LogP) is 3.56. The summed E-state index contributed by atoms with van der Waals surface area (Å²) in [6.45, 7) is 4.07. The number of aryl methyl sites for hydroxylation is 2. The molecule has 0 amide bonds. The van der Waals surface area contributed by atoms with Gasteiger partial charge in [-0.25, -0.2) is 0 Å². The minimum absolute atomic E-state index is 0.137. The van der Waals surface area contributed by atoms with E-state index in [2.05, 4.69) is 51.7 Å². The lowest BCUT2D eigenvalue weighted by Gasteiger charge is -2.20. The number of nitrogens with zero attached hydrogens (tertiary/aromatic N) is 2. The molecule has 0 spiro atoms. The Morgan fingerprint density at radius 1 is 1.05 bits per heavy atom. The molecule has 1 atom stereocenters. The van der Waals surface area contributed by atoms with Gasteiger partial charge in [0.05, 0.1) is 6.04 Å². The van der Waals surface area contributed by atoms with Crippen LogP contribution in [0.2, 0.25) is 0 Å². The fraction of sp³-hybridized carbons (Fsp3) is 0.222. The molecule has 1 unspecified atom stereocenters. The molecule has 0 saturated heterocycles. The van der Waals surface area contributed by atoms with Crippen molar-refractivity contribution in [1.29, 1.82) is 0 Å². The van der Waals surface area contributed by atoms with Gasteiger partial charge in [0.1, 0.15) is 0 Å². The molecule has 0 saturated carbocycles. The van der Waals surface area contributed by atoms with E-state index in [-0.39, 0.29) is 6.04 Å². The van der Waals surface area contributed by atoms with Gasteiger partial charge in [0.15, 0.2) is 0 Å². The van der Waals surface area contributed by atoms with Crippen molar-refractivity contribution in [2.45, 2.75) is 19.9 Å². The van der Waals surface area contributed by atoms with Crippen molar-refractivity contribution in [3.63, 3.8) is 0 Å². The van der Waals surface area contributed by atoms with E-state index in [1.165, 1.54) is 21.9 Å². The van der Waals surface area contributed by atoms with Gasteiger partial charge < -0.3 is 5.32 Å². The zero-order valence-electron chi connectivity index (χ0n) is 12.6. The highest BCUT2D eigenvalue weighted by Gasteiger charge is 2.15. The first-order chi connectivity index (χ1) is 10.2. The van der Waals surface area contributed by atoms with Crippen molar-refractivity contribution < 1.29 is 0 Å². The Balaban J connectivity index is 2.18. The van der Waals surface area contributed by atoms with Crippen LogP contribution in [0.25, 0.3) is 10.8 Å². The Morgan fingerprint density at radius 3 is 2.52 bits per heavy atom. The second-order valence-corrected chi connectivity index (χ2v) is 5.35. The van der Waals surface area contributed by atoms with E-state index in [9.17, 15) is 0 Å². The molecular weight excluding hydrogens is 258 g/mol. The summed E-state index contributed by atoms with van der Waals surface area (Å²) in [5.41, 5.74) is 4.57. The molecule has 3 aromatic rings. The van der Waals surface area contributed by atoms with E-state index in [1.54, 1.807) is 0 Å². The van der Waals surface area contributed by atoms with Crippen LogP contribution in [-0.4, -0.2) is 17.0 Å². The van der Waals surface area contributed by atoms with Crippen LogP contribution in [0.3, 0.4) is 0 Å². The van der Waals surface area contributed by atoms with Crippen LogP contribution in [0.15, 0.2) is 48.8 Å². The summed E-state index contributed by atoms with van der Waals surface area (Å²) in [7, 11) is 1.99. The van der Waals surface area contributed by atoms with Crippen molar-refractivity contribution in [2.24, 2.45) is 0 Å². The first kappa shape index (κ1) is 13.7. The van der Waals surface area contributed by atoms with Gasteiger partial charge >= 0.3 is 0 Å². The number of pyridine rings is 2. The van der Waals surface area contributed by atoms with Crippen LogP contribution in [0.1, 0.15) is 28.6 Å². The predicted molar refractivity (Wildman–Crippen MR) is 86.4 cm³/mol. The minimum atomic E-state index is 0.137. The third-order valence-corrected chi connectivity index (χ3v) is 3.75. The fourth-order valence-electron chi connectivity index (χ4n) is 2.92. The third-order valence-electron chi connectivity index (χ3n) is 3.75. The van der Waals surface area contributed by atoms with E-state index in [0.717, 1.165) is 11.4 Å². The van der Waals surface area contributed by atoms with Gasteiger partial charge in [0.25, 0.3) is 0 Å². The fourth-order valence-corrected chi connectivity index (χ4v) is 2.92. The highest BCUT2D eigenvalue weighted by molar-refractivity contribution is 5.85. The molecule has 0 fully saturated rings. The molecule has 3 heteroatoms. The second-order valence-electron chi connectivity index (χ2n) is 5.35. The van der Waals surface area contributed by atoms with E-state index >= 15 is 0 Å². The number of hydrogen-bond donors (Lipinski definition) is 1.